The molecule has 0 unspecified atom stereocenters. The fourth-order valence-electron chi connectivity index (χ4n) is 1.19. The Balaban J connectivity index is 0.00000169. The zero-order valence-electron chi connectivity index (χ0n) is 8.37. The summed E-state index contributed by atoms with van der Waals surface area (Å²) in [5, 5.41) is 0. The van der Waals surface area contributed by atoms with Gasteiger partial charge in [0.1, 0.15) is 0 Å². The molecule has 0 radical (unpaired) electrons. The Morgan fingerprint density at radius 2 is 2.21 bits per heavy atom. The van der Waals surface area contributed by atoms with Crippen molar-refractivity contribution in [3.8, 4) is 0 Å². The topological polar surface area (TPSA) is 30.2 Å². The van der Waals surface area contributed by atoms with Crippen molar-refractivity contribution in [3.05, 3.63) is 30.1 Å². The fourth-order valence-corrected chi connectivity index (χ4v) is 1.19. The van der Waals surface area contributed by atoms with E-state index < -0.39 is 0 Å². The Morgan fingerprint density at radius 3 is 2.79 bits per heavy atom. The van der Waals surface area contributed by atoms with E-state index in [9.17, 15) is 4.79 Å². The van der Waals surface area contributed by atoms with Gasteiger partial charge in [0.15, 0.2) is 11.9 Å². The lowest BCUT2D eigenvalue weighted by Crippen LogP contribution is -3.00. The number of ether oxygens (including phenoxy) is 1. The smallest absolute Gasteiger partial charge is 0.372 e. The number of carbonyl (C=O) groups is 1. The van der Waals surface area contributed by atoms with Crippen molar-refractivity contribution in [2.45, 2.75) is 19.9 Å². The number of aromatic nitrogens is 1. The molecule has 0 saturated heterocycles. The maximum Gasteiger partial charge on any atom is 0.372 e. The van der Waals surface area contributed by atoms with E-state index in [0.29, 0.717) is 6.54 Å². The van der Waals surface area contributed by atoms with Crippen molar-refractivity contribution in [2.75, 3.05) is 7.11 Å². The fraction of sp³-hybridized carbons (Fsp3) is 0.400. The second-order valence-corrected chi connectivity index (χ2v) is 2.75. The highest BCUT2D eigenvalue weighted by molar-refractivity contribution is 5.67. The third-order valence-corrected chi connectivity index (χ3v) is 1.92. The van der Waals surface area contributed by atoms with Gasteiger partial charge in [-0.1, -0.05) is 13.0 Å². The second-order valence-electron chi connectivity index (χ2n) is 2.75. The van der Waals surface area contributed by atoms with Crippen LogP contribution in [0.2, 0.25) is 0 Å². The summed E-state index contributed by atoms with van der Waals surface area (Å²) in [4.78, 5) is 11.0. The van der Waals surface area contributed by atoms with E-state index in [1.165, 1.54) is 7.11 Å². The molecule has 0 spiro atoms. The predicted molar refractivity (Wildman–Crippen MR) is 48.0 cm³/mol. The first kappa shape index (κ1) is 13.1. The van der Waals surface area contributed by atoms with E-state index in [1.807, 2.05) is 29.0 Å². The highest BCUT2D eigenvalue weighted by Crippen LogP contribution is 1.92. The molecule has 1 heterocycles. The average Bonchev–Trinajstić information content (AvgIpc) is 2.18. The quantitative estimate of drug-likeness (QED) is 0.452. The van der Waals surface area contributed by atoms with Gasteiger partial charge >= 0.3 is 5.97 Å². The number of hydrogen-bond acceptors (Lipinski definition) is 2. The van der Waals surface area contributed by atoms with Crippen molar-refractivity contribution in [1.82, 2.24) is 0 Å². The standard InChI is InChI=1S/C10H14NO2.BrH/c1-3-9-6-4-5-7-11(9)8-10(12)13-2;/h4-7H,3,8H2,1-2H3;1H/q+1;/p-1. The van der Waals surface area contributed by atoms with Crippen LogP contribution in [0.3, 0.4) is 0 Å². The number of rotatable bonds is 3. The van der Waals surface area contributed by atoms with Crippen molar-refractivity contribution in [3.63, 3.8) is 0 Å². The lowest BCUT2D eigenvalue weighted by Gasteiger charge is -1.99. The van der Waals surface area contributed by atoms with Gasteiger partial charge in [0.05, 0.1) is 7.11 Å². The van der Waals surface area contributed by atoms with Crippen LogP contribution in [0.5, 0.6) is 0 Å². The van der Waals surface area contributed by atoms with Gasteiger partial charge in [-0.3, -0.25) is 0 Å². The zero-order chi connectivity index (χ0) is 9.68. The van der Waals surface area contributed by atoms with Gasteiger partial charge in [0.2, 0.25) is 6.54 Å². The predicted octanol–water partition coefficient (Wildman–Crippen LogP) is -2.29. The molecule has 1 rings (SSSR count). The minimum absolute atomic E-state index is 0. The summed E-state index contributed by atoms with van der Waals surface area (Å²) in [5.41, 5.74) is 1.13. The number of halogens is 1. The molecule has 0 atom stereocenters. The molecule has 0 aliphatic carbocycles. The first-order valence-corrected chi connectivity index (χ1v) is 4.32. The lowest BCUT2D eigenvalue weighted by atomic mass is 10.3. The number of esters is 1. The molecule has 3 nitrogen and oxygen atoms in total. The van der Waals surface area contributed by atoms with E-state index in [2.05, 4.69) is 11.7 Å². The highest BCUT2D eigenvalue weighted by atomic mass is 79.9. The summed E-state index contributed by atoms with van der Waals surface area (Å²) in [5.74, 6) is -0.217. The molecule has 78 valence electrons. The third kappa shape index (κ3) is 3.46. The monoisotopic (exact) mass is 259 g/mol. The second kappa shape index (κ2) is 6.54. The summed E-state index contributed by atoms with van der Waals surface area (Å²) in [6.07, 6.45) is 2.80. The van der Waals surface area contributed by atoms with Gasteiger partial charge in [-0.2, -0.15) is 4.57 Å². The first-order valence-electron chi connectivity index (χ1n) is 4.32. The van der Waals surface area contributed by atoms with E-state index in [1.54, 1.807) is 0 Å². The largest absolute Gasteiger partial charge is 1.00 e. The molecule has 0 aliphatic rings. The summed E-state index contributed by atoms with van der Waals surface area (Å²) < 4.78 is 6.49. The Labute approximate surface area is 94.5 Å². The first-order chi connectivity index (χ1) is 6.27. The number of carbonyl (C=O) groups excluding carboxylic acids is 1. The van der Waals surface area contributed by atoms with Crippen molar-refractivity contribution >= 4 is 5.97 Å². The molecule has 0 aliphatic heterocycles. The molecule has 0 N–H and O–H groups in total. The van der Waals surface area contributed by atoms with Crippen LogP contribution < -0.4 is 21.5 Å². The van der Waals surface area contributed by atoms with Crippen molar-refractivity contribution in [1.29, 1.82) is 0 Å². The Kier molecular flexibility index (Phi) is 6.12. The molecule has 4 heteroatoms. The SMILES string of the molecule is CCc1cccc[n+]1CC(=O)OC.[Br-]. The lowest BCUT2D eigenvalue weighted by molar-refractivity contribution is -0.693. The van der Waals surface area contributed by atoms with Gasteiger partial charge in [-0.15, -0.1) is 0 Å². The van der Waals surface area contributed by atoms with Crippen LogP contribution in [0.4, 0.5) is 0 Å². The minimum Gasteiger partial charge on any atom is -1.00 e. The van der Waals surface area contributed by atoms with Gasteiger partial charge in [0.25, 0.3) is 0 Å². The Morgan fingerprint density at radius 1 is 1.50 bits per heavy atom. The number of nitrogens with zero attached hydrogens (tertiary/aromatic N) is 1. The van der Waals surface area contributed by atoms with Crippen molar-refractivity contribution < 1.29 is 31.1 Å². The number of pyridine rings is 1. The molecule has 0 amide bonds. The maximum atomic E-state index is 11.0. The third-order valence-electron chi connectivity index (χ3n) is 1.92. The average molecular weight is 260 g/mol. The summed E-state index contributed by atoms with van der Waals surface area (Å²) in [6.45, 7) is 2.35. The molecule has 0 aromatic carbocycles. The summed E-state index contributed by atoms with van der Waals surface area (Å²) in [6, 6.07) is 5.87. The molecule has 0 bridgehead atoms. The van der Waals surface area contributed by atoms with Crippen LogP contribution in [0.1, 0.15) is 12.6 Å². The minimum atomic E-state index is -0.217. The zero-order valence-corrected chi connectivity index (χ0v) is 9.95. The van der Waals surface area contributed by atoms with Crippen LogP contribution in [-0.4, -0.2) is 13.1 Å². The van der Waals surface area contributed by atoms with E-state index in [4.69, 9.17) is 0 Å². The molecular formula is C10H14BrNO2. The van der Waals surface area contributed by atoms with Crippen LogP contribution in [-0.2, 0) is 22.5 Å². The van der Waals surface area contributed by atoms with E-state index in [-0.39, 0.29) is 23.0 Å². The van der Waals surface area contributed by atoms with Crippen LogP contribution in [0.25, 0.3) is 0 Å². The Hall–Kier alpha value is -0.900. The molecule has 14 heavy (non-hydrogen) atoms. The maximum absolute atomic E-state index is 11.0. The summed E-state index contributed by atoms with van der Waals surface area (Å²) in [7, 11) is 1.40. The molecule has 1 aromatic heterocycles. The van der Waals surface area contributed by atoms with E-state index in [0.717, 1.165) is 12.1 Å². The van der Waals surface area contributed by atoms with Gasteiger partial charge < -0.3 is 21.7 Å². The number of aryl methyl sites for hydroxylation is 1. The Bertz CT molecular complexity index is 302. The molecule has 1 aromatic rings. The molecule has 0 fully saturated rings. The van der Waals surface area contributed by atoms with Gasteiger partial charge in [-0.05, 0) is 0 Å². The normalized spacial score (nSPS) is 9.00. The number of methoxy groups -OCH3 is 1. The van der Waals surface area contributed by atoms with Crippen LogP contribution in [0.15, 0.2) is 24.4 Å². The number of hydrogen-bond donors (Lipinski definition) is 0. The highest BCUT2D eigenvalue weighted by Gasteiger charge is 2.12. The van der Waals surface area contributed by atoms with Gasteiger partial charge in [-0.25, -0.2) is 4.79 Å². The van der Waals surface area contributed by atoms with Crippen LogP contribution in [0, 0.1) is 0 Å². The van der Waals surface area contributed by atoms with Crippen LogP contribution >= 0.6 is 0 Å². The van der Waals surface area contributed by atoms with E-state index >= 15 is 0 Å². The molecule has 0 saturated carbocycles. The summed E-state index contributed by atoms with van der Waals surface area (Å²) >= 11 is 0. The van der Waals surface area contributed by atoms with Gasteiger partial charge in [0, 0.05) is 18.6 Å². The van der Waals surface area contributed by atoms with Crippen molar-refractivity contribution in [2.24, 2.45) is 0 Å². The molecular weight excluding hydrogens is 246 g/mol.